The van der Waals surface area contributed by atoms with E-state index in [9.17, 15) is 4.79 Å². The maximum Gasteiger partial charge on any atom is 0.303 e. The van der Waals surface area contributed by atoms with Crippen LogP contribution in [0.3, 0.4) is 0 Å². The summed E-state index contributed by atoms with van der Waals surface area (Å²) in [5.41, 5.74) is -0.391. The minimum absolute atomic E-state index is 0.0852. The largest absolute Gasteiger partial charge is 0.460 e. The molecule has 94 valence electrons. The third-order valence-electron chi connectivity index (χ3n) is 2.56. The van der Waals surface area contributed by atoms with E-state index < -0.39 is 13.7 Å². The van der Waals surface area contributed by atoms with E-state index in [1.54, 1.807) is 0 Å². The number of hydrogen-bond acceptors (Lipinski definition) is 2. The Bertz CT molecular complexity index is 377. The first kappa shape index (κ1) is 14.0. The van der Waals surface area contributed by atoms with Crippen molar-refractivity contribution in [1.82, 2.24) is 0 Å². The summed E-state index contributed by atoms with van der Waals surface area (Å²) in [6.07, 6.45) is 0. The molecule has 0 radical (unpaired) electrons. The highest BCUT2D eigenvalue weighted by Gasteiger charge is 2.29. The predicted octanol–water partition coefficient (Wildman–Crippen LogP) is 2.94. The van der Waals surface area contributed by atoms with Crippen molar-refractivity contribution in [3.63, 3.8) is 0 Å². The highest BCUT2D eigenvalue weighted by atomic mass is 28.3. The highest BCUT2D eigenvalue weighted by molar-refractivity contribution is 6.91. The van der Waals surface area contributed by atoms with E-state index in [1.165, 1.54) is 5.19 Å². The van der Waals surface area contributed by atoms with Crippen LogP contribution < -0.4 is 5.19 Å². The zero-order valence-corrected chi connectivity index (χ0v) is 12.4. The van der Waals surface area contributed by atoms with E-state index in [-0.39, 0.29) is 5.97 Å². The second-order valence-electron chi connectivity index (χ2n) is 6.01. The van der Waals surface area contributed by atoms with Gasteiger partial charge in [0.05, 0.1) is 8.07 Å². The number of esters is 1. The van der Waals surface area contributed by atoms with E-state index in [4.69, 9.17) is 4.74 Å². The predicted molar refractivity (Wildman–Crippen MR) is 74.2 cm³/mol. The van der Waals surface area contributed by atoms with Crippen LogP contribution in [0.2, 0.25) is 19.1 Å². The van der Waals surface area contributed by atoms with Crippen LogP contribution in [0.1, 0.15) is 20.8 Å². The van der Waals surface area contributed by atoms with Gasteiger partial charge in [0.15, 0.2) is 0 Å². The molecular formula is C14H22O2Si. The first-order valence-electron chi connectivity index (χ1n) is 5.98. The summed E-state index contributed by atoms with van der Waals surface area (Å²) >= 11 is 0. The Balaban J connectivity index is 2.71. The Morgan fingerprint density at radius 2 is 1.71 bits per heavy atom. The van der Waals surface area contributed by atoms with Crippen LogP contribution in [-0.4, -0.2) is 19.6 Å². The van der Waals surface area contributed by atoms with E-state index in [0.717, 1.165) is 0 Å². The molecule has 2 nitrogen and oxygen atoms in total. The molecule has 17 heavy (non-hydrogen) atoms. The third-order valence-corrected chi connectivity index (χ3v) is 5.63. The zero-order chi connectivity index (χ0) is 13.1. The molecule has 3 heteroatoms. The lowest BCUT2D eigenvalue weighted by molar-refractivity contribution is -0.151. The van der Waals surface area contributed by atoms with E-state index in [0.29, 0.717) is 6.04 Å². The van der Waals surface area contributed by atoms with Gasteiger partial charge in [0, 0.05) is 6.04 Å². The lowest BCUT2D eigenvalue weighted by atomic mass is 10.2. The quantitative estimate of drug-likeness (QED) is 0.609. The highest BCUT2D eigenvalue weighted by Crippen LogP contribution is 2.15. The summed E-state index contributed by atoms with van der Waals surface area (Å²) in [5.74, 6) is -0.0852. The van der Waals surface area contributed by atoms with Crippen LogP contribution >= 0.6 is 0 Å². The summed E-state index contributed by atoms with van der Waals surface area (Å²) in [5, 5.41) is 1.30. The smallest absolute Gasteiger partial charge is 0.303 e. The fourth-order valence-electron chi connectivity index (χ4n) is 1.73. The van der Waals surface area contributed by atoms with E-state index in [1.807, 2.05) is 39.0 Å². The van der Waals surface area contributed by atoms with Crippen LogP contribution in [0.15, 0.2) is 30.3 Å². The fraction of sp³-hybridized carbons (Fsp3) is 0.500. The molecule has 0 aliphatic heterocycles. The van der Waals surface area contributed by atoms with Crippen molar-refractivity contribution in [1.29, 1.82) is 0 Å². The second kappa shape index (κ2) is 5.04. The van der Waals surface area contributed by atoms with Crippen LogP contribution in [-0.2, 0) is 9.53 Å². The molecule has 0 saturated carbocycles. The molecule has 0 amide bonds. The second-order valence-corrected chi connectivity index (χ2v) is 10.7. The Hall–Kier alpha value is -1.09. The third kappa shape index (κ3) is 4.73. The molecule has 0 unspecified atom stereocenters. The van der Waals surface area contributed by atoms with Crippen molar-refractivity contribution in [3.05, 3.63) is 30.3 Å². The van der Waals surface area contributed by atoms with Gasteiger partial charge in [0.2, 0.25) is 0 Å². The SMILES string of the molecule is CC(C)(C)OC(=O)C[Si](C)(C)c1ccccc1. The summed E-state index contributed by atoms with van der Waals surface area (Å²) in [6.45, 7) is 10.1. The molecule has 0 atom stereocenters. The maximum absolute atomic E-state index is 11.9. The minimum Gasteiger partial charge on any atom is -0.460 e. The number of ether oxygens (including phenoxy) is 1. The monoisotopic (exact) mass is 250 g/mol. The Kier molecular flexibility index (Phi) is 4.15. The molecule has 0 aromatic heterocycles. The molecule has 1 aromatic carbocycles. The van der Waals surface area contributed by atoms with Gasteiger partial charge < -0.3 is 4.74 Å². The molecule has 0 aliphatic carbocycles. The molecule has 0 aliphatic rings. The number of rotatable bonds is 3. The molecular weight excluding hydrogens is 228 g/mol. The topological polar surface area (TPSA) is 26.3 Å². The van der Waals surface area contributed by atoms with Gasteiger partial charge in [0.25, 0.3) is 0 Å². The van der Waals surface area contributed by atoms with Crippen molar-refractivity contribution >= 4 is 19.2 Å². The summed E-state index contributed by atoms with van der Waals surface area (Å²) in [4.78, 5) is 11.9. The van der Waals surface area contributed by atoms with Gasteiger partial charge in [-0.25, -0.2) is 0 Å². The maximum atomic E-state index is 11.9. The Labute approximate surface area is 105 Å². The fourth-order valence-corrected chi connectivity index (χ4v) is 3.82. The van der Waals surface area contributed by atoms with Crippen LogP contribution in [0.4, 0.5) is 0 Å². The number of carbonyl (C=O) groups is 1. The van der Waals surface area contributed by atoms with Crippen LogP contribution in [0.25, 0.3) is 0 Å². The first-order valence-corrected chi connectivity index (χ1v) is 9.19. The zero-order valence-electron chi connectivity index (χ0n) is 11.4. The van der Waals surface area contributed by atoms with Crippen LogP contribution in [0.5, 0.6) is 0 Å². The van der Waals surface area contributed by atoms with E-state index >= 15 is 0 Å². The van der Waals surface area contributed by atoms with Gasteiger partial charge in [-0.3, -0.25) is 4.79 Å². The molecule has 0 bridgehead atoms. The van der Waals surface area contributed by atoms with Crippen molar-refractivity contribution in [3.8, 4) is 0 Å². The van der Waals surface area contributed by atoms with E-state index in [2.05, 4.69) is 25.2 Å². The summed E-state index contributed by atoms with van der Waals surface area (Å²) in [6, 6.07) is 10.8. The molecule has 0 saturated heterocycles. The van der Waals surface area contributed by atoms with Gasteiger partial charge in [-0.05, 0) is 20.8 Å². The lowest BCUT2D eigenvalue weighted by Crippen LogP contribution is -2.44. The lowest BCUT2D eigenvalue weighted by Gasteiger charge is -2.25. The molecule has 0 spiro atoms. The molecule has 1 rings (SSSR count). The Morgan fingerprint density at radius 1 is 1.18 bits per heavy atom. The average molecular weight is 250 g/mol. The van der Waals surface area contributed by atoms with Crippen LogP contribution in [0, 0.1) is 0 Å². The average Bonchev–Trinajstić information content (AvgIpc) is 2.15. The molecule has 1 aromatic rings. The minimum atomic E-state index is -1.72. The van der Waals surface area contributed by atoms with Gasteiger partial charge in [-0.1, -0.05) is 48.6 Å². The molecule has 0 N–H and O–H groups in total. The number of hydrogen-bond donors (Lipinski definition) is 0. The number of carbonyl (C=O) groups excluding carboxylic acids is 1. The van der Waals surface area contributed by atoms with Gasteiger partial charge in [0.1, 0.15) is 5.60 Å². The number of benzene rings is 1. The van der Waals surface area contributed by atoms with Crippen molar-refractivity contribution in [2.24, 2.45) is 0 Å². The van der Waals surface area contributed by atoms with Crippen molar-refractivity contribution < 1.29 is 9.53 Å². The van der Waals surface area contributed by atoms with Gasteiger partial charge >= 0.3 is 5.97 Å². The van der Waals surface area contributed by atoms with Crippen molar-refractivity contribution in [2.45, 2.75) is 45.5 Å². The summed E-state index contributed by atoms with van der Waals surface area (Å²) in [7, 11) is -1.72. The first-order chi connectivity index (χ1) is 7.71. The molecule has 0 heterocycles. The normalized spacial score (nSPS) is 12.3. The van der Waals surface area contributed by atoms with Gasteiger partial charge in [-0.15, -0.1) is 0 Å². The van der Waals surface area contributed by atoms with Crippen molar-refractivity contribution in [2.75, 3.05) is 0 Å². The summed E-state index contributed by atoms with van der Waals surface area (Å²) < 4.78 is 5.39. The molecule has 0 fully saturated rings. The Morgan fingerprint density at radius 3 is 2.18 bits per heavy atom. The standard InChI is InChI=1S/C14H22O2Si/c1-14(2,3)16-13(15)11-17(4,5)12-9-7-6-8-10-12/h6-10H,11H2,1-5H3. The van der Waals surface area contributed by atoms with Gasteiger partial charge in [-0.2, -0.15) is 0 Å².